The van der Waals surface area contributed by atoms with E-state index in [1.165, 1.54) is 5.56 Å². The third-order valence-electron chi connectivity index (χ3n) is 5.62. The molecule has 3 rings (SSSR count). The molecule has 1 saturated carbocycles. The van der Waals surface area contributed by atoms with E-state index in [0.717, 1.165) is 17.4 Å². The summed E-state index contributed by atoms with van der Waals surface area (Å²) in [6.45, 7) is 12.6. The van der Waals surface area contributed by atoms with Gasteiger partial charge in [-0.05, 0) is 64.9 Å². The minimum Gasteiger partial charge on any atom is -0.466 e. The van der Waals surface area contributed by atoms with E-state index in [1.807, 2.05) is 6.92 Å². The molecular weight excluding hydrogens is 303 g/mol. The molecule has 1 aliphatic heterocycles. The molecule has 1 saturated heterocycles. The van der Waals surface area contributed by atoms with Crippen molar-refractivity contribution in [1.82, 2.24) is 0 Å². The van der Waals surface area contributed by atoms with Gasteiger partial charge < -0.3 is 14.0 Å². The monoisotopic (exact) mass is 330 g/mol. The second-order valence-electron chi connectivity index (χ2n) is 7.91. The Kier molecular flexibility index (Phi) is 4.29. The van der Waals surface area contributed by atoms with E-state index in [1.54, 1.807) is 0 Å². The van der Waals surface area contributed by atoms with E-state index >= 15 is 0 Å². The Morgan fingerprint density at radius 1 is 1.25 bits per heavy atom. The van der Waals surface area contributed by atoms with Gasteiger partial charge in [0, 0.05) is 0 Å². The second kappa shape index (κ2) is 5.89. The molecule has 1 heterocycles. The summed E-state index contributed by atoms with van der Waals surface area (Å²) in [4.78, 5) is 11.9. The smallest absolute Gasteiger partial charge is 0.466 e. The molecule has 0 radical (unpaired) electrons. The summed E-state index contributed by atoms with van der Waals surface area (Å²) in [5.41, 5.74) is 2.66. The first kappa shape index (κ1) is 17.5. The topological polar surface area (TPSA) is 44.8 Å². The molecule has 130 valence electrons. The minimum atomic E-state index is -0.366. The summed E-state index contributed by atoms with van der Waals surface area (Å²) in [5, 5.41) is 0. The number of benzene rings is 1. The van der Waals surface area contributed by atoms with E-state index in [9.17, 15) is 4.79 Å². The van der Waals surface area contributed by atoms with Gasteiger partial charge in [0.05, 0.1) is 23.7 Å². The van der Waals surface area contributed by atoms with Crippen LogP contribution in [0, 0.1) is 12.8 Å². The Hall–Kier alpha value is -1.33. The lowest BCUT2D eigenvalue weighted by Crippen LogP contribution is -2.41. The van der Waals surface area contributed by atoms with Crippen LogP contribution in [-0.2, 0) is 18.8 Å². The Bertz CT molecular complexity index is 637. The van der Waals surface area contributed by atoms with Crippen molar-refractivity contribution in [3.8, 4) is 0 Å². The molecule has 0 aromatic heterocycles. The van der Waals surface area contributed by atoms with Crippen LogP contribution in [-0.4, -0.2) is 30.9 Å². The predicted molar refractivity (Wildman–Crippen MR) is 94.4 cm³/mol. The van der Waals surface area contributed by atoms with Gasteiger partial charge >= 0.3 is 13.1 Å². The van der Waals surface area contributed by atoms with Crippen LogP contribution in [0.1, 0.15) is 58.1 Å². The van der Waals surface area contributed by atoms with Crippen molar-refractivity contribution in [1.29, 1.82) is 0 Å². The molecule has 2 aliphatic rings. The summed E-state index contributed by atoms with van der Waals surface area (Å²) in [5.74, 6) is 0.171. The van der Waals surface area contributed by atoms with Crippen molar-refractivity contribution in [2.45, 2.75) is 65.1 Å². The van der Waals surface area contributed by atoms with Crippen molar-refractivity contribution in [3.05, 3.63) is 29.3 Å². The zero-order chi connectivity index (χ0) is 17.7. The summed E-state index contributed by atoms with van der Waals surface area (Å²) < 4.78 is 17.5. The number of esters is 1. The second-order valence-corrected chi connectivity index (χ2v) is 7.91. The van der Waals surface area contributed by atoms with Gasteiger partial charge in [-0.1, -0.05) is 23.8 Å². The number of carbonyl (C=O) groups excluding carboxylic acids is 1. The normalized spacial score (nSPS) is 27.2. The molecule has 2 fully saturated rings. The lowest BCUT2D eigenvalue weighted by atomic mass is 9.75. The predicted octanol–water partition coefficient (Wildman–Crippen LogP) is 2.96. The van der Waals surface area contributed by atoms with Gasteiger partial charge in [-0.3, -0.25) is 4.79 Å². The van der Waals surface area contributed by atoms with Crippen molar-refractivity contribution in [3.63, 3.8) is 0 Å². The number of carbonyl (C=O) groups is 1. The number of aryl methyl sites for hydroxylation is 1. The lowest BCUT2D eigenvalue weighted by molar-refractivity contribution is -0.144. The van der Waals surface area contributed by atoms with Crippen LogP contribution in [0.3, 0.4) is 0 Å². The van der Waals surface area contributed by atoms with Crippen LogP contribution in [0.5, 0.6) is 0 Å². The van der Waals surface area contributed by atoms with E-state index in [4.69, 9.17) is 14.0 Å². The molecule has 5 heteroatoms. The standard InChI is InChI=1S/C19H27BO4/c1-7-22-17(21)15-11-14(15)13-9-8-12(2)16(10-13)20-23-18(3,4)19(5,6)24-20/h8-10,14-15H,7,11H2,1-6H3/t14-,15-/m0/s1. The number of rotatable bonds is 4. The molecule has 0 N–H and O–H groups in total. The number of ether oxygens (including phenoxy) is 1. The Morgan fingerprint density at radius 3 is 2.46 bits per heavy atom. The van der Waals surface area contributed by atoms with Gasteiger partial charge in [0.15, 0.2) is 0 Å². The summed E-state index contributed by atoms with van der Waals surface area (Å²) >= 11 is 0. The van der Waals surface area contributed by atoms with Crippen molar-refractivity contribution >= 4 is 18.6 Å². The zero-order valence-electron chi connectivity index (χ0n) is 15.5. The van der Waals surface area contributed by atoms with Crippen LogP contribution >= 0.6 is 0 Å². The summed E-state index contributed by atoms with van der Waals surface area (Å²) in [7, 11) is -0.366. The SMILES string of the molecule is CCOC(=O)[C@H]1C[C@H]1c1ccc(C)c(B2OC(C)(C)C(C)(C)O2)c1. The molecule has 2 atom stereocenters. The first-order valence-corrected chi connectivity index (χ1v) is 8.79. The van der Waals surface area contributed by atoms with Crippen LogP contribution in [0.25, 0.3) is 0 Å². The molecule has 0 bridgehead atoms. The largest absolute Gasteiger partial charge is 0.495 e. The molecule has 4 nitrogen and oxygen atoms in total. The van der Waals surface area contributed by atoms with E-state index in [0.29, 0.717) is 6.61 Å². The first-order chi connectivity index (χ1) is 11.2. The van der Waals surface area contributed by atoms with Crippen molar-refractivity contribution in [2.24, 2.45) is 5.92 Å². The number of hydrogen-bond acceptors (Lipinski definition) is 4. The van der Waals surface area contributed by atoms with Gasteiger partial charge in [0.1, 0.15) is 0 Å². The van der Waals surface area contributed by atoms with Crippen molar-refractivity contribution < 1.29 is 18.8 Å². The van der Waals surface area contributed by atoms with Gasteiger partial charge in [0.25, 0.3) is 0 Å². The molecule has 1 aromatic rings. The van der Waals surface area contributed by atoms with Crippen LogP contribution < -0.4 is 5.46 Å². The Morgan fingerprint density at radius 2 is 1.88 bits per heavy atom. The summed E-state index contributed by atoms with van der Waals surface area (Å²) in [6, 6.07) is 6.34. The van der Waals surface area contributed by atoms with Crippen LogP contribution in [0.15, 0.2) is 18.2 Å². The van der Waals surface area contributed by atoms with Gasteiger partial charge in [-0.15, -0.1) is 0 Å². The first-order valence-electron chi connectivity index (χ1n) is 8.79. The summed E-state index contributed by atoms with van der Waals surface area (Å²) in [6.07, 6.45) is 0.866. The lowest BCUT2D eigenvalue weighted by Gasteiger charge is -2.32. The van der Waals surface area contributed by atoms with Gasteiger partial charge in [-0.25, -0.2) is 0 Å². The maximum atomic E-state index is 11.9. The quantitative estimate of drug-likeness (QED) is 0.629. The fraction of sp³-hybridized carbons (Fsp3) is 0.632. The third kappa shape index (κ3) is 3.00. The van der Waals surface area contributed by atoms with E-state index < -0.39 is 0 Å². The van der Waals surface area contributed by atoms with E-state index in [-0.39, 0.29) is 36.1 Å². The molecular formula is C19H27BO4. The molecule has 0 amide bonds. The highest BCUT2D eigenvalue weighted by Gasteiger charge is 2.52. The van der Waals surface area contributed by atoms with Crippen molar-refractivity contribution in [2.75, 3.05) is 6.61 Å². The van der Waals surface area contributed by atoms with E-state index in [2.05, 4.69) is 52.8 Å². The maximum Gasteiger partial charge on any atom is 0.495 e. The molecule has 1 aromatic carbocycles. The number of hydrogen-bond donors (Lipinski definition) is 0. The Balaban J connectivity index is 1.81. The zero-order valence-corrected chi connectivity index (χ0v) is 15.5. The molecule has 0 spiro atoms. The fourth-order valence-electron chi connectivity index (χ4n) is 3.19. The fourth-order valence-corrected chi connectivity index (χ4v) is 3.19. The molecule has 1 aliphatic carbocycles. The van der Waals surface area contributed by atoms with Crippen LogP contribution in [0.2, 0.25) is 0 Å². The highest BCUT2D eigenvalue weighted by atomic mass is 16.7. The highest BCUT2D eigenvalue weighted by Crippen LogP contribution is 2.48. The minimum absolute atomic E-state index is 0.00111. The molecule has 24 heavy (non-hydrogen) atoms. The van der Waals surface area contributed by atoms with Gasteiger partial charge in [-0.2, -0.15) is 0 Å². The average molecular weight is 330 g/mol. The average Bonchev–Trinajstić information content (AvgIpc) is 3.23. The highest BCUT2D eigenvalue weighted by molar-refractivity contribution is 6.62. The van der Waals surface area contributed by atoms with Gasteiger partial charge in [0.2, 0.25) is 0 Å². The van der Waals surface area contributed by atoms with Crippen LogP contribution in [0.4, 0.5) is 0 Å². The molecule has 0 unspecified atom stereocenters. The maximum absolute atomic E-state index is 11.9. The third-order valence-corrected chi connectivity index (χ3v) is 5.62. The Labute approximate surface area is 145 Å².